The molecule has 0 bridgehead atoms. The van der Waals surface area contributed by atoms with Crippen LogP contribution in [0.15, 0.2) is 26.9 Å². The second-order valence-electron chi connectivity index (χ2n) is 6.25. The van der Waals surface area contributed by atoms with Gasteiger partial charge in [-0.1, -0.05) is 0 Å². The van der Waals surface area contributed by atoms with Crippen molar-refractivity contribution in [1.29, 1.82) is 0 Å². The lowest BCUT2D eigenvalue weighted by atomic mass is 10.0. The average Bonchev–Trinajstić information content (AvgIpc) is 3.19. The van der Waals surface area contributed by atoms with Crippen molar-refractivity contribution in [3.05, 3.63) is 34.7 Å². The minimum absolute atomic E-state index is 0.284. The Hall–Kier alpha value is -2.06. The third-order valence-electron chi connectivity index (χ3n) is 3.54. The lowest BCUT2D eigenvalue weighted by Crippen LogP contribution is -2.44. The molecule has 8 heteroatoms. The molecule has 0 aromatic carbocycles. The van der Waals surface area contributed by atoms with Crippen molar-refractivity contribution in [3.63, 3.8) is 0 Å². The first kappa shape index (κ1) is 19.3. The second kappa shape index (κ2) is 8.35. The van der Waals surface area contributed by atoms with Crippen molar-refractivity contribution in [1.82, 2.24) is 15.6 Å². The number of furan rings is 1. The lowest BCUT2D eigenvalue weighted by molar-refractivity contribution is 0.0378. The number of nitrogens with one attached hydrogen (secondary N) is 2. The summed E-state index contributed by atoms with van der Waals surface area (Å²) in [6, 6.07) is 3.63. The SMILES string of the molecule is CCNC(=NCc1csc(N(C)C)n1)NCC(C)(O)c1ccc(C)o1. The van der Waals surface area contributed by atoms with Crippen LogP contribution in [0.5, 0.6) is 0 Å². The van der Waals surface area contributed by atoms with Gasteiger partial charge in [0.2, 0.25) is 0 Å². The molecule has 0 saturated heterocycles. The topological polar surface area (TPSA) is 85.9 Å². The van der Waals surface area contributed by atoms with E-state index in [2.05, 4.69) is 20.6 Å². The Morgan fingerprint density at radius 2 is 2.16 bits per heavy atom. The molecule has 0 aliphatic rings. The van der Waals surface area contributed by atoms with E-state index in [0.29, 0.717) is 18.3 Å². The molecule has 2 rings (SSSR count). The van der Waals surface area contributed by atoms with Gasteiger partial charge in [-0.3, -0.25) is 0 Å². The third-order valence-corrected chi connectivity index (χ3v) is 4.59. The number of aromatic nitrogens is 1. The molecule has 138 valence electrons. The molecule has 1 unspecified atom stereocenters. The summed E-state index contributed by atoms with van der Waals surface area (Å²) in [5.74, 6) is 1.94. The Kier molecular flexibility index (Phi) is 6.44. The van der Waals surface area contributed by atoms with Crippen LogP contribution in [-0.4, -0.2) is 43.2 Å². The number of hydrogen-bond donors (Lipinski definition) is 3. The van der Waals surface area contributed by atoms with E-state index in [1.54, 1.807) is 24.3 Å². The first-order valence-corrected chi connectivity index (χ1v) is 9.13. The van der Waals surface area contributed by atoms with Crippen molar-refractivity contribution >= 4 is 22.4 Å². The molecule has 0 saturated carbocycles. The minimum Gasteiger partial charge on any atom is -0.463 e. The molecular weight excluding hydrogens is 338 g/mol. The number of hydrogen-bond acceptors (Lipinski definition) is 6. The zero-order chi connectivity index (χ0) is 18.4. The van der Waals surface area contributed by atoms with Gasteiger partial charge in [-0.15, -0.1) is 11.3 Å². The van der Waals surface area contributed by atoms with Gasteiger partial charge in [0.25, 0.3) is 0 Å². The number of rotatable bonds is 7. The molecule has 2 aromatic rings. The summed E-state index contributed by atoms with van der Waals surface area (Å²) in [5, 5.41) is 19.9. The van der Waals surface area contributed by atoms with Crippen LogP contribution in [0.1, 0.15) is 31.1 Å². The number of aliphatic hydroxyl groups is 1. The predicted octanol–water partition coefficient (Wildman–Crippen LogP) is 2.07. The first-order chi connectivity index (χ1) is 11.8. The number of thiazole rings is 1. The fourth-order valence-corrected chi connectivity index (χ4v) is 2.89. The van der Waals surface area contributed by atoms with Crippen LogP contribution in [-0.2, 0) is 12.1 Å². The maximum Gasteiger partial charge on any atom is 0.191 e. The van der Waals surface area contributed by atoms with Crippen molar-refractivity contribution in [2.75, 3.05) is 32.1 Å². The molecule has 2 aromatic heterocycles. The van der Waals surface area contributed by atoms with Gasteiger partial charge in [-0.05, 0) is 32.9 Å². The summed E-state index contributed by atoms with van der Waals surface area (Å²) in [6.45, 7) is 7.06. The molecule has 0 radical (unpaired) electrons. The Morgan fingerprint density at radius 1 is 1.40 bits per heavy atom. The van der Waals surface area contributed by atoms with Gasteiger partial charge in [0.15, 0.2) is 11.1 Å². The van der Waals surface area contributed by atoms with E-state index in [1.165, 1.54) is 0 Å². The molecule has 7 nitrogen and oxygen atoms in total. The van der Waals surface area contributed by atoms with Gasteiger partial charge in [0, 0.05) is 26.0 Å². The van der Waals surface area contributed by atoms with E-state index >= 15 is 0 Å². The van der Waals surface area contributed by atoms with Crippen LogP contribution in [0, 0.1) is 6.92 Å². The quantitative estimate of drug-likeness (QED) is 0.514. The van der Waals surface area contributed by atoms with Crippen LogP contribution in [0.3, 0.4) is 0 Å². The number of nitrogens with zero attached hydrogens (tertiary/aromatic N) is 3. The van der Waals surface area contributed by atoms with E-state index in [9.17, 15) is 5.11 Å². The van der Waals surface area contributed by atoms with Crippen molar-refractivity contribution < 1.29 is 9.52 Å². The summed E-state index contributed by atoms with van der Waals surface area (Å²) < 4.78 is 5.53. The normalized spacial score (nSPS) is 14.2. The van der Waals surface area contributed by atoms with Gasteiger partial charge < -0.3 is 25.1 Å². The Bertz CT molecular complexity index is 705. The van der Waals surface area contributed by atoms with Gasteiger partial charge in [-0.25, -0.2) is 9.98 Å². The van der Waals surface area contributed by atoms with Crippen molar-refractivity contribution in [2.24, 2.45) is 4.99 Å². The van der Waals surface area contributed by atoms with Gasteiger partial charge >= 0.3 is 0 Å². The highest BCUT2D eigenvalue weighted by molar-refractivity contribution is 7.13. The smallest absolute Gasteiger partial charge is 0.191 e. The molecule has 0 spiro atoms. The zero-order valence-corrected chi connectivity index (χ0v) is 16.3. The fraction of sp³-hybridized carbons (Fsp3) is 0.529. The Morgan fingerprint density at radius 3 is 2.72 bits per heavy atom. The lowest BCUT2D eigenvalue weighted by Gasteiger charge is -2.22. The van der Waals surface area contributed by atoms with E-state index in [0.717, 1.165) is 23.1 Å². The summed E-state index contributed by atoms with van der Waals surface area (Å²) in [4.78, 5) is 11.0. The molecule has 0 aliphatic heterocycles. The summed E-state index contributed by atoms with van der Waals surface area (Å²) >= 11 is 1.59. The largest absolute Gasteiger partial charge is 0.463 e. The highest BCUT2D eigenvalue weighted by Crippen LogP contribution is 2.22. The summed E-state index contributed by atoms with van der Waals surface area (Å²) in [5.41, 5.74) is -0.206. The van der Waals surface area contributed by atoms with E-state index in [-0.39, 0.29) is 6.54 Å². The van der Waals surface area contributed by atoms with Crippen LogP contribution in [0.4, 0.5) is 5.13 Å². The number of aliphatic imine (C=N–C) groups is 1. The monoisotopic (exact) mass is 365 g/mol. The number of guanidine groups is 1. The van der Waals surface area contributed by atoms with E-state index in [4.69, 9.17) is 4.42 Å². The van der Waals surface area contributed by atoms with Crippen LogP contribution in [0.2, 0.25) is 0 Å². The minimum atomic E-state index is -1.12. The highest BCUT2D eigenvalue weighted by Gasteiger charge is 2.27. The average molecular weight is 366 g/mol. The van der Waals surface area contributed by atoms with E-state index < -0.39 is 5.60 Å². The third kappa shape index (κ3) is 5.47. The fourth-order valence-electron chi connectivity index (χ4n) is 2.14. The molecule has 3 N–H and O–H groups in total. The molecule has 0 fully saturated rings. The molecule has 0 aliphatic carbocycles. The maximum atomic E-state index is 10.6. The predicted molar refractivity (Wildman–Crippen MR) is 102 cm³/mol. The second-order valence-corrected chi connectivity index (χ2v) is 7.09. The zero-order valence-electron chi connectivity index (χ0n) is 15.5. The Labute approximate surface area is 152 Å². The van der Waals surface area contributed by atoms with Gasteiger partial charge in [0.1, 0.15) is 17.1 Å². The van der Waals surface area contributed by atoms with Crippen LogP contribution in [0.25, 0.3) is 0 Å². The Balaban J connectivity index is 1.99. The van der Waals surface area contributed by atoms with Crippen LogP contribution >= 0.6 is 11.3 Å². The summed E-state index contributed by atoms with van der Waals surface area (Å²) in [6.07, 6.45) is 0. The van der Waals surface area contributed by atoms with Crippen molar-refractivity contribution in [3.8, 4) is 0 Å². The maximum absolute atomic E-state index is 10.6. The summed E-state index contributed by atoms with van der Waals surface area (Å²) in [7, 11) is 3.94. The van der Waals surface area contributed by atoms with E-state index in [1.807, 2.05) is 44.3 Å². The molecule has 25 heavy (non-hydrogen) atoms. The number of aryl methyl sites for hydroxylation is 1. The first-order valence-electron chi connectivity index (χ1n) is 8.25. The van der Waals surface area contributed by atoms with Gasteiger partial charge in [0.05, 0.1) is 18.8 Å². The van der Waals surface area contributed by atoms with Crippen LogP contribution < -0.4 is 15.5 Å². The number of anilines is 1. The van der Waals surface area contributed by atoms with Gasteiger partial charge in [-0.2, -0.15) is 0 Å². The van der Waals surface area contributed by atoms with Crippen molar-refractivity contribution in [2.45, 2.75) is 32.9 Å². The molecule has 2 heterocycles. The molecule has 0 amide bonds. The highest BCUT2D eigenvalue weighted by atomic mass is 32.1. The molecular formula is C17H27N5O2S. The standard InChI is InChI=1S/C17H27N5O2S/c1-6-18-15(19-9-13-10-25-16(21-13)22(4)5)20-11-17(3,23)14-8-7-12(2)24-14/h7-8,10,23H,6,9,11H2,1-5H3,(H2,18,19,20). The molecule has 1 atom stereocenters.